The van der Waals surface area contributed by atoms with E-state index in [1.165, 1.54) is 0 Å². The third-order valence-electron chi connectivity index (χ3n) is 3.65. The number of hydrogen-bond acceptors (Lipinski definition) is 3. The minimum Gasteiger partial charge on any atom is -0.371 e. The van der Waals surface area contributed by atoms with Gasteiger partial charge in [0.05, 0.1) is 0 Å². The van der Waals surface area contributed by atoms with E-state index in [-0.39, 0.29) is 0 Å². The van der Waals surface area contributed by atoms with Crippen LogP contribution in [-0.4, -0.2) is 44.4 Å². The van der Waals surface area contributed by atoms with Crippen molar-refractivity contribution in [1.82, 2.24) is 4.90 Å². The van der Waals surface area contributed by atoms with E-state index in [9.17, 15) is 4.79 Å². The smallest absolute Gasteiger partial charge is 0.152 e. The normalized spacial score (nSPS) is 17.2. The molecular weight excluding hydrogens is 292 g/mol. The van der Waals surface area contributed by atoms with Gasteiger partial charge in [0, 0.05) is 34.9 Å². The van der Waals surface area contributed by atoms with Gasteiger partial charge in [0.25, 0.3) is 0 Å². The lowest BCUT2D eigenvalue weighted by Crippen LogP contribution is -2.42. The van der Waals surface area contributed by atoms with Crippen molar-refractivity contribution in [3.8, 4) is 0 Å². The van der Waals surface area contributed by atoms with Crippen molar-refractivity contribution in [2.45, 2.75) is 18.9 Å². The minimum absolute atomic E-state index is 0.663. The van der Waals surface area contributed by atoms with E-state index in [1.54, 1.807) is 0 Å². The predicted molar refractivity (Wildman–Crippen MR) is 78.5 cm³/mol. The van der Waals surface area contributed by atoms with E-state index >= 15 is 0 Å². The number of halogens is 1. The topological polar surface area (TPSA) is 23.6 Å². The lowest BCUT2D eigenvalue weighted by atomic mass is 10.0. The maximum atomic E-state index is 11.1. The van der Waals surface area contributed by atoms with Gasteiger partial charge in [-0.3, -0.25) is 4.79 Å². The van der Waals surface area contributed by atoms with Crippen molar-refractivity contribution in [3.63, 3.8) is 0 Å². The third-order valence-corrected chi connectivity index (χ3v) is 4.15. The van der Waals surface area contributed by atoms with Crippen molar-refractivity contribution in [2.24, 2.45) is 0 Å². The molecule has 4 heteroatoms. The van der Waals surface area contributed by atoms with Crippen molar-refractivity contribution in [2.75, 3.05) is 32.1 Å². The molecule has 0 aromatic heterocycles. The van der Waals surface area contributed by atoms with Crippen LogP contribution in [0.4, 0.5) is 5.69 Å². The Balaban J connectivity index is 2.12. The molecule has 1 aliphatic rings. The van der Waals surface area contributed by atoms with Gasteiger partial charge in [-0.1, -0.05) is 15.9 Å². The van der Waals surface area contributed by atoms with E-state index in [2.05, 4.69) is 39.8 Å². The number of carbonyl (C=O) groups excluding carboxylic acids is 1. The summed E-state index contributed by atoms with van der Waals surface area (Å²) in [6.07, 6.45) is 3.25. The number of piperidine rings is 1. The van der Waals surface area contributed by atoms with E-state index < -0.39 is 0 Å². The van der Waals surface area contributed by atoms with Crippen LogP contribution in [0.2, 0.25) is 0 Å². The zero-order chi connectivity index (χ0) is 13.1. The van der Waals surface area contributed by atoms with Crippen LogP contribution < -0.4 is 4.90 Å². The monoisotopic (exact) mass is 310 g/mol. The van der Waals surface area contributed by atoms with Crippen molar-refractivity contribution in [3.05, 3.63) is 28.2 Å². The number of hydrogen-bond donors (Lipinski definition) is 0. The summed E-state index contributed by atoms with van der Waals surface area (Å²) in [6, 6.07) is 6.58. The highest BCUT2D eigenvalue weighted by Crippen LogP contribution is 2.26. The first kappa shape index (κ1) is 13.6. The summed E-state index contributed by atoms with van der Waals surface area (Å²) in [4.78, 5) is 15.7. The van der Waals surface area contributed by atoms with Gasteiger partial charge < -0.3 is 9.80 Å². The third kappa shape index (κ3) is 2.93. The molecule has 0 bridgehead atoms. The first-order valence-electron chi connectivity index (χ1n) is 6.28. The number of anilines is 1. The van der Waals surface area contributed by atoms with Gasteiger partial charge in [-0.15, -0.1) is 0 Å². The average molecular weight is 311 g/mol. The van der Waals surface area contributed by atoms with Gasteiger partial charge in [0.2, 0.25) is 0 Å². The fraction of sp³-hybridized carbons (Fsp3) is 0.500. The molecule has 0 atom stereocenters. The lowest BCUT2D eigenvalue weighted by molar-refractivity contribution is 0.112. The highest BCUT2D eigenvalue weighted by molar-refractivity contribution is 9.10. The second-order valence-corrected chi connectivity index (χ2v) is 5.92. The molecular formula is C14H19BrN2O. The summed E-state index contributed by atoms with van der Waals surface area (Å²) in [5.74, 6) is 0. The Morgan fingerprint density at radius 1 is 1.33 bits per heavy atom. The number of carbonyl (C=O) groups is 1. The molecule has 0 saturated carbocycles. The SMILES string of the molecule is CN(C)C1CCN(c2ccc(Br)cc2C=O)CC1. The molecule has 1 aliphatic heterocycles. The molecule has 1 heterocycles. The van der Waals surface area contributed by atoms with Crippen LogP contribution >= 0.6 is 15.9 Å². The Bertz CT molecular complexity index is 426. The molecule has 1 fully saturated rings. The Morgan fingerprint density at radius 2 is 2.00 bits per heavy atom. The Morgan fingerprint density at radius 3 is 2.56 bits per heavy atom. The molecule has 1 aromatic carbocycles. The standard InChI is InChI=1S/C14H19BrN2O/c1-16(2)13-5-7-17(8-6-13)14-4-3-12(15)9-11(14)10-18/h3-4,9-10,13H,5-8H2,1-2H3. The molecule has 18 heavy (non-hydrogen) atoms. The van der Waals surface area contributed by atoms with Crippen molar-refractivity contribution in [1.29, 1.82) is 0 Å². The summed E-state index contributed by atoms with van der Waals surface area (Å²) in [5, 5.41) is 0. The van der Waals surface area contributed by atoms with Crippen LogP contribution in [0.1, 0.15) is 23.2 Å². The van der Waals surface area contributed by atoms with Crippen LogP contribution in [0.3, 0.4) is 0 Å². The molecule has 3 nitrogen and oxygen atoms in total. The maximum Gasteiger partial charge on any atom is 0.152 e. The molecule has 0 amide bonds. The second kappa shape index (κ2) is 5.85. The first-order chi connectivity index (χ1) is 8.61. The highest BCUT2D eigenvalue weighted by Gasteiger charge is 2.22. The Kier molecular flexibility index (Phi) is 4.40. The number of nitrogens with zero attached hydrogens (tertiary/aromatic N) is 2. The molecule has 0 radical (unpaired) electrons. The van der Waals surface area contributed by atoms with Crippen molar-refractivity contribution >= 4 is 27.9 Å². The quantitative estimate of drug-likeness (QED) is 0.802. The van der Waals surface area contributed by atoms with Crippen LogP contribution in [-0.2, 0) is 0 Å². The van der Waals surface area contributed by atoms with Gasteiger partial charge in [0.15, 0.2) is 6.29 Å². The summed E-state index contributed by atoms with van der Waals surface area (Å²) in [7, 11) is 4.27. The van der Waals surface area contributed by atoms with E-state index in [1.807, 2.05) is 18.2 Å². The summed E-state index contributed by atoms with van der Waals surface area (Å²) >= 11 is 3.41. The summed E-state index contributed by atoms with van der Waals surface area (Å²) < 4.78 is 0.955. The predicted octanol–water partition coefficient (Wildman–Crippen LogP) is 2.79. The van der Waals surface area contributed by atoms with Gasteiger partial charge in [-0.2, -0.15) is 0 Å². The van der Waals surface area contributed by atoms with Crippen LogP contribution in [0.5, 0.6) is 0 Å². The van der Waals surface area contributed by atoms with Crippen LogP contribution in [0.15, 0.2) is 22.7 Å². The lowest BCUT2D eigenvalue weighted by Gasteiger charge is -2.37. The fourth-order valence-corrected chi connectivity index (χ4v) is 2.91. The van der Waals surface area contributed by atoms with Gasteiger partial charge in [0.1, 0.15) is 0 Å². The fourth-order valence-electron chi connectivity index (χ4n) is 2.53. The van der Waals surface area contributed by atoms with Crippen LogP contribution in [0, 0.1) is 0 Å². The van der Waals surface area contributed by atoms with E-state index in [0.29, 0.717) is 6.04 Å². The number of benzene rings is 1. The molecule has 0 aliphatic carbocycles. The second-order valence-electron chi connectivity index (χ2n) is 5.00. The van der Waals surface area contributed by atoms with Gasteiger partial charge in [-0.05, 0) is 45.1 Å². The van der Waals surface area contributed by atoms with E-state index in [0.717, 1.165) is 47.9 Å². The molecule has 98 valence electrons. The zero-order valence-corrected chi connectivity index (χ0v) is 12.5. The number of aldehydes is 1. The van der Waals surface area contributed by atoms with Crippen LogP contribution in [0.25, 0.3) is 0 Å². The summed E-state index contributed by atoms with van der Waals surface area (Å²) in [6.45, 7) is 2.04. The maximum absolute atomic E-state index is 11.1. The summed E-state index contributed by atoms with van der Waals surface area (Å²) in [5.41, 5.74) is 1.83. The average Bonchev–Trinajstić information content (AvgIpc) is 2.38. The first-order valence-corrected chi connectivity index (χ1v) is 7.07. The van der Waals surface area contributed by atoms with Gasteiger partial charge in [-0.25, -0.2) is 0 Å². The number of rotatable bonds is 3. The molecule has 0 N–H and O–H groups in total. The minimum atomic E-state index is 0.663. The van der Waals surface area contributed by atoms with Crippen molar-refractivity contribution < 1.29 is 4.79 Å². The largest absolute Gasteiger partial charge is 0.371 e. The zero-order valence-electron chi connectivity index (χ0n) is 10.9. The Labute approximate surface area is 117 Å². The Hall–Kier alpha value is -0.870. The molecule has 2 rings (SSSR count). The molecule has 0 unspecified atom stereocenters. The molecule has 1 saturated heterocycles. The highest BCUT2D eigenvalue weighted by atomic mass is 79.9. The van der Waals surface area contributed by atoms with Gasteiger partial charge >= 0.3 is 0 Å². The molecule has 0 spiro atoms. The molecule has 1 aromatic rings. The van der Waals surface area contributed by atoms with E-state index in [4.69, 9.17) is 0 Å².